The van der Waals surface area contributed by atoms with Crippen LogP contribution in [0.3, 0.4) is 0 Å². The summed E-state index contributed by atoms with van der Waals surface area (Å²) in [5.41, 5.74) is 1.01. The Bertz CT molecular complexity index is 640. The summed E-state index contributed by atoms with van der Waals surface area (Å²) < 4.78 is 43.0. The Kier molecular flexibility index (Phi) is 7.94. The molecular formula is C19H29F3N4O2. The van der Waals surface area contributed by atoms with Crippen LogP contribution in [0.5, 0.6) is 5.75 Å². The first kappa shape index (κ1) is 22.3. The normalized spacial score (nSPS) is 17.3. The van der Waals surface area contributed by atoms with Crippen LogP contribution in [0.1, 0.15) is 18.0 Å². The van der Waals surface area contributed by atoms with Crippen LogP contribution in [0.25, 0.3) is 0 Å². The van der Waals surface area contributed by atoms with E-state index in [1.54, 1.807) is 12.0 Å². The van der Waals surface area contributed by atoms with Crippen LogP contribution in [0.15, 0.2) is 24.3 Å². The first-order chi connectivity index (χ1) is 13.2. The monoisotopic (exact) mass is 402 g/mol. The Morgan fingerprint density at radius 1 is 1.25 bits per heavy atom. The second kappa shape index (κ2) is 9.97. The molecule has 1 aromatic rings. The van der Waals surface area contributed by atoms with Crippen LogP contribution in [-0.4, -0.2) is 87.4 Å². The van der Waals surface area contributed by atoms with E-state index in [1.807, 2.05) is 43.3 Å². The fourth-order valence-corrected chi connectivity index (χ4v) is 3.33. The van der Waals surface area contributed by atoms with Gasteiger partial charge in [-0.05, 0) is 38.2 Å². The number of benzene rings is 1. The minimum Gasteiger partial charge on any atom is -0.497 e. The number of methoxy groups -OCH3 is 1. The third kappa shape index (κ3) is 6.87. The van der Waals surface area contributed by atoms with Crippen LogP contribution in [0.2, 0.25) is 0 Å². The van der Waals surface area contributed by atoms with E-state index in [9.17, 15) is 18.0 Å². The van der Waals surface area contributed by atoms with Gasteiger partial charge >= 0.3 is 12.2 Å². The number of ether oxygens (including phenoxy) is 1. The van der Waals surface area contributed by atoms with Gasteiger partial charge in [0.25, 0.3) is 0 Å². The molecule has 1 aliphatic heterocycles. The van der Waals surface area contributed by atoms with Gasteiger partial charge in [-0.25, -0.2) is 4.79 Å². The maximum absolute atomic E-state index is 12.6. The van der Waals surface area contributed by atoms with Crippen LogP contribution < -0.4 is 10.1 Å². The fraction of sp³-hybridized carbons (Fsp3) is 0.632. The van der Waals surface area contributed by atoms with Crippen molar-refractivity contribution in [2.45, 2.75) is 18.6 Å². The molecular weight excluding hydrogens is 373 g/mol. The summed E-state index contributed by atoms with van der Waals surface area (Å²) in [5.74, 6) is 0.743. The third-order valence-electron chi connectivity index (χ3n) is 4.83. The Hall–Kier alpha value is -2.00. The molecule has 1 aliphatic rings. The fourth-order valence-electron chi connectivity index (χ4n) is 3.33. The quantitative estimate of drug-likeness (QED) is 0.795. The van der Waals surface area contributed by atoms with E-state index in [0.717, 1.165) is 11.3 Å². The third-order valence-corrected chi connectivity index (χ3v) is 4.83. The number of hydrogen-bond acceptors (Lipinski definition) is 4. The van der Waals surface area contributed by atoms with E-state index in [4.69, 9.17) is 4.74 Å². The smallest absolute Gasteiger partial charge is 0.401 e. The number of nitrogens with zero attached hydrogens (tertiary/aromatic N) is 3. The second-order valence-corrected chi connectivity index (χ2v) is 7.17. The summed E-state index contributed by atoms with van der Waals surface area (Å²) in [6.45, 7) is 0.760. The summed E-state index contributed by atoms with van der Waals surface area (Å²) in [7, 11) is 5.46. The highest BCUT2D eigenvalue weighted by Crippen LogP contribution is 2.22. The van der Waals surface area contributed by atoms with Gasteiger partial charge < -0.3 is 19.9 Å². The number of alkyl halides is 3. The van der Waals surface area contributed by atoms with Gasteiger partial charge in [-0.2, -0.15) is 13.2 Å². The van der Waals surface area contributed by atoms with Crippen molar-refractivity contribution in [3.8, 4) is 5.75 Å². The molecule has 158 valence electrons. The molecule has 9 heteroatoms. The molecule has 1 N–H and O–H groups in total. The van der Waals surface area contributed by atoms with Crippen molar-refractivity contribution in [2.24, 2.45) is 0 Å². The van der Waals surface area contributed by atoms with Gasteiger partial charge in [-0.15, -0.1) is 0 Å². The topological polar surface area (TPSA) is 48.1 Å². The van der Waals surface area contributed by atoms with Crippen molar-refractivity contribution in [2.75, 3.05) is 60.5 Å². The molecule has 1 fully saturated rings. The lowest BCUT2D eigenvalue weighted by atomic mass is 10.1. The maximum Gasteiger partial charge on any atom is 0.401 e. The maximum atomic E-state index is 12.6. The Morgan fingerprint density at radius 3 is 2.64 bits per heavy atom. The molecule has 1 heterocycles. The van der Waals surface area contributed by atoms with Crippen molar-refractivity contribution in [3.05, 3.63) is 29.8 Å². The summed E-state index contributed by atoms with van der Waals surface area (Å²) in [5, 5.41) is 2.92. The van der Waals surface area contributed by atoms with Gasteiger partial charge in [0.2, 0.25) is 0 Å². The number of rotatable bonds is 6. The van der Waals surface area contributed by atoms with Crippen LogP contribution in [-0.2, 0) is 0 Å². The number of nitrogens with one attached hydrogen (secondary N) is 1. The number of amides is 2. The van der Waals surface area contributed by atoms with E-state index in [1.165, 1.54) is 4.90 Å². The highest BCUT2D eigenvalue weighted by atomic mass is 19.4. The number of halogens is 3. The molecule has 28 heavy (non-hydrogen) atoms. The highest BCUT2D eigenvalue weighted by Gasteiger charge is 2.32. The first-order valence-corrected chi connectivity index (χ1v) is 9.32. The molecule has 1 atom stereocenters. The number of hydrogen-bond donors (Lipinski definition) is 1. The minimum atomic E-state index is -4.22. The average Bonchev–Trinajstić information content (AvgIpc) is 2.85. The van der Waals surface area contributed by atoms with E-state index in [0.29, 0.717) is 26.1 Å². The number of likely N-dealkylation sites (N-methyl/N-ethyl adjacent to an activating group) is 1. The van der Waals surface area contributed by atoms with E-state index in [2.05, 4.69) is 5.32 Å². The summed E-state index contributed by atoms with van der Waals surface area (Å²) in [4.78, 5) is 17.5. The zero-order valence-electron chi connectivity index (χ0n) is 16.6. The molecule has 0 spiro atoms. The van der Waals surface area contributed by atoms with Gasteiger partial charge in [-0.3, -0.25) is 4.90 Å². The molecule has 0 aromatic heterocycles. The van der Waals surface area contributed by atoms with E-state index in [-0.39, 0.29) is 25.2 Å². The molecule has 0 radical (unpaired) electrons. The minimum absolute atomic E-state index is 0.0484. The molecule has 0 bridgehead atoms. The predicted molar refractivity (Wildman–Crippen MR) is 102 cm³/mol. The summed E-state index contributed by atoms with van der Waals surface area (Å²) in [6.07, 6.45) is -3.69. The standard InChI is InChI=1S/C19H29F3N4O2/c1-24(2)17(15-6-4-7-16(12-15)28-3)13-23-18(27)26-9-5-8-25(10-11-26)14-19(20,21)22/h4,6-7,12,17H,5,8-11,13-14H2,1-3H3,(H,23,27). The predicted octanol–water partition coefficient (Wildman–Crippen LogP) is 2.58. The Labute approximate surface area is 164 Å². The zero-order valence-corrected chi connectivity index (χ0v) is 16.6. The van der Waals surface area contributed by atoms with Gasteiger partial charge in [0.15, 0.2) is 0 Å². The van der Waals surface area contributed by atoms with E-state index >= 15 is 0 Å². The molecule has 0 aliphatic carbocycles. The second-order valence-electron chi connectivity index (χ2n) is 7.17. The average molecular weight is 402 g/mol. The number of carbonyl (C=O) groups excluding carboxylic acids is 1. The molecule has 2 rings (SSSR count). The van der Waals surface area contributed by atoms with Gasteiger partial charge in [0, 0.05) is 32.7 Å². The molecule has 6 nitrogen and oxygen atoms in total. The first-order valence-electron chi connectivity index (χ1n) is 9.32. The van der Waals surface area contributed by atoms with Crippen LogP contribution >= 0.6 is 0 Å². The molecule has 1 aromatic carbocycles. The van der Waals surface area contributed by atoms with Crippen LogP contribution in [0.4, 0.5) is 18.0 Å². The molecule has 1 unspecified atom stereocenters. The van der Waals surface area contributed by atoms with Gasteiger partial charge in [0.05, 0.1) is 19.7 Å². The summed E-state index contributed by atoms with van der Waals surface area (Å²) >= 11 is 0. The molecule has 0 saturated carbocycles. The van der Waals surface area contributed by atoms with Crippen molar-refractivity contribution in [3.63, 3.8) is 0 Å². The SMILES string of the molecule is COc1cccc(C(CNC(=O)N2CCCN(CC(F)(F)F)CC2)N(C)C)c1. The van der Waals surface area contributed by atoms with Gasteiger partial charge in [-0.1, -0.05) is 12.1 Å². The van der Waals surface area contributed by atoms with Crippen molar-refractivity contribution >= 4 is 6.03 Å². The van der Waals surface area contributed by atoms with Crippen LogP contribution in [0, 0.1) is 0 Å². The lowest BCUT2D eigenvalue weighted by Crippen LogP contribution is -2.45. The van der Waals surface area contributed by atoms with E-state index < -0.39 is 12.7 Å². The highest BCUT2D eigenvalue weighted by molar-refractivity contribution is 5.74. The number of carbonyl (C=O) groups is 1. The molecule has 1 saturated heterocycles. The van der Waals surface area contributed by atoms with Crippen molar-refractivity contribution in [1.82, 2.24) is 20.0 Å². The molecule has 2 amide bonds. The lowest BCUT2D eigenvalue weighted by Gasteiger charge is -2.28. The lowest BCUT2D eigenvalue weighted by molar-refractivity contribution is -0.145. The Balaban J connectivity index is 1.92. The summed E-state index contributed by atoms with van der Waals surface area (Å²) in [6, 6.07) is 7.37. The van der Waals surface area contributed by atoms with Gasteiger partial charge in [0.1, 0.15) is 5.75 Å². The van der Waals surface area contributed by atoms with Crippen molar-refractivity contribution < 1.29 is 22.7 Å². The zero-order chi connectivity index (χ0) is 20.7. The van der Waals surface area contributed by atoms with Crippen molar-refractivity contribution in [1.29, 1.82) is 0 Å². The largest absolute Gasteiger partial charge is 0.497 e. The number of urea groups is 1. The Morgan fingerprint density at radius 2 is 2.00 bits per heavy atom.